The molecule has 2 N–H and O–H groups in total. The Morgan fingerprint density at radius 2 is 2.21 bits per heavy atom. The van der Waals surface area contributed by atoms with E-state index in [0.29, 0.717) is 11.5 Å². The zero-order valence-corrected chi connectivity index (χ0v) is 7.91. The number of aromatic nitrogens is 2. The number of furan rings is 1. The maximum Gasteiger partial charge on any atom is 0.196 e. The van der Waals surface area contributed by atoms with Crippen molar-refractivity contribution in [2.45, 2.75) is 6.92 Å². The molecular weight excluding hydrogens is 185 g/mol. The van der Waals surface area contributed by atoms with Gasteiger partial charge in [-0.15, -0.1) is 0 Å². The zero-order valence-electron chi connectivity index (χ0n) is 7.91. The molecule has 0 radical (unpaired) electrons. The molecule has 74 valence electrons. The third-order valence-electron chi connectivity index (χ3n) is 2.01. The van der Waals surface area contributed by atoms with Crippen molar-refractivity contribution < 1.29 is 8.81 Å². The monoisotopic (exact) mass is 195 g/mol. The fourth-order valence-corrected chi connectivity index (χ4v) is 1.23. The van der Waals surface area contributed by atoms with Gasteiger partial charge in [0.05, 0.1) is 0 Å². The van der Waals surface area contributed by atoms with E-state index in [1.165, 1.54) is 4.68 Å². The molecule has 14 heavy (non-hydrogen) atoms. The number of nitrogens with two attached hydrogens (primary N) is 1. The molecular formula is C9H10FN3O. The van der Waals surface area contributed by atoms with E-state index in [9.17, 15) is 4.39 Å². The van der Waals surface area contributed by atoms with E-state index < -0.39 is 5.82 Å². The van der Waals surface area contributed by atoms with Crippen LogP contribution in [0.15, 0.2) is 16.5 Å². The summed E-state index contributed by atoms with van der Waals surface area (Å²) in [6.07, 6.45) is 0. The van der Waals surface area contributed by atoms with Crippen LogP contribution in [0.4, 0.5) is 10.2 Å². The Labute approximate surface area is 80.1 Å². The van der Waals surface area contributed by atoms with Crippen LogP contribution in [0.5, 0.6) is 0 Å². The predicted octanol–water partition coefficient (Wildman–Crippen LogP) is 1.71. The second-order valence-electron chi connectivity index (χ2n) is 3.08. The van der Waals surface area contributed by atoms with Crippen molar-refractivity contribution in [1.82, 2.24) is 9.78 Å². The molecule has 0 aliphatic carbocycles. The highest BCUT2D eigenvalue weighted by molar-refractivity contribution is 5.58. The van der Waals surface area contributed by atoms with Gasteiger partial charge in [0.2, 0.25) is 0 Å². The van der Waals surface area contributed by atoms with Crippen molar-refractivity contribution in [2.75, 3.05) is 5.73 Å². The summed E-state index contributed by atoms with van der Waals surface area (Å²) in [5, 5.41) is 3.92. The van der Waals surface area contributed by atoms with Crippen molar-refractivity contribution in [1.29, 1.82) is 0 Å². The lowest BCUT2D eigenvalue weighted by Gasteiger charge is -1.89. The highest BCUT2D eigenvalue weighted by Gasteiger charge is 2.17. The summed E-state index contributed by atoms with van der Waals surface area (Å²) in [7, 11) is 1.58. The standard InChI is InChI=1S/C9H10FN3O/c1-5-3-4-6(14-5)8-7(10)9(11)13(2)12-8/h3-4H,11H2,1-2H3. The van der Waals surface area contributed by atoms with Crippen LogP contribution in [-0.4, -0.2) is 9.78 Å². The molecule has 2 rings (SSSR count). The molecule has 2 aromatic rings. The van der Waals surface area contributed by atoms with Crippen molar-refractivity contribution in [3.8, 4) is 11.5 Å². The van der Waals surface area contributed by atoms with Crippen molar-refractivity contribution in [3.63, 3.8) is 0 Å². The van der Waals surface area contributed by atoms with E-state index >= 15 is 0 Å². The second kappa shape index (κ2) is 2.87. The molecule has 0 saturated heterocycles. The minimum Gasteiger partial charge on any atom is -0.460 e. The third-order valence-corrected chi connectivity index (χ3v) is 2.01. The number of rotatable bonds is 1. The van der Waals surface area contributed by atoms with E-state index in [1.54, 1.807) is 26.1 Å². The molecule has 0 aliphatic rings. The molecule has 0 fully saturated rings. The lowest BCUT2D eigenvalue weighted by Crippen LogP contribution is -1.97. The Hall–Kier alpha value is -1.78. The highest BCUT2D eigenvalue weighted by Crippen LogP contribution is 2.26. The molecule has 2 aromatic heterocycles. The summed E-state index contributed by atoms with van der Waals surface area (Å²) in [5.41, 5.74) is 5.58. The molecule has 0 saturated carbocycles. The van der Waals surface area contributed by atoms with Gasteiger partial charge in [-0.05, 0) is 19.1 Å². The highest BCUT2D eigenvalue weighted by atomic mass is 19.1. The number of nitrogens with zero attached hydrogens (tertiary/aromatic N) is 2. The molecule has 0 bridgehead atoms. The Balaban J connectivity index is 2.57. The van der Waals surface area contributed by atoms with Gasteiger partial charge in [-0.3, -0.25) is 0 Å². The normalized spacial score (nSPS) is 10.8. The molecule has 0 aromatic carbocycles. The predicted molar refractivity (Wildman–Crippen MR) is 50.0 cm³/mol. The van der Waals surface area contributed by atoms with Crippen molar-refractivity contribution in [2.24, 2.45) is 7.05 Å². The zero-order chi connectivity index (χ0) is 10.3. The Morgan fingerprint density at radius 1 is 1.50 bits per heavy atom. The topological polar surface area (TPSA) is 57.0 Å². The van der Waals surface area contributed by atoms with E-state index in [4.69, 9.17) is 10.2 Å². The Kier molecular flexibility index (Phi) is 1.80. The van der Waals surface area contributed by atoms with Crippen LogP contribution < -0.4 is 5.73 Å². The summed E-state index contributed by atoms with van der Waals surface area (Å²) < 4.78 is 20.0. The van der Waals surface area contributed by atoms with E-state index in [1.807, 2.05) is 0 Å². The van der Waals surface area contributed by atoms with E-state index in [0.717, 1.165) is 0 Å². The second-order valence-corrected chi connectivity index (χ2v) is 3.08. The maximum atomic E-state index is 13.4. The smallest absolute Gasteiger partial charge is 0.196 e. The number of nitrogen functional groups attached to an aromatic ring is 1. The molecule has 4 nitrogen and oxygen atoms in total. The van der Waals surface area contributed by atoms with Crippen LogP contribution in [-0.2, 0) is 7.05 Å². The number of hydrogen-bond acceptors (Lipinski definition) is 3. The first-order chi connectivity index (χ1) is 6.59. The van der Waals surface area contributed by atoms with Crippen LogP contribution in [0.2, 0.25) is 0 Å². The van der Waals surface area contributed by atoms with Gasteiger partial charge in [0, 0.05) is 7.05 Å². The van der Waals surface area contributed by atoms with Gasteiger partial charge in [0.1, 0.15) is 5.76 Å². The van der Waals surface area contributed by atoms with Crippen LogP contribution >= 0.6 is 0 Å². The molecule has 0 aliphatic heterocycles. The van der Waals surface area contributed by atoms with E-state index in [2.05, 4.69) is 5.10 Å². The van der Waals surface area contributed by atoms with Crippen LogP contribution in [0.1, 0.15) is 5.76 Å². The summed E-state index contributed by atoms with van der Waals surface area (Å²) in [6, 6.07) is 3.42. The van der Waals surface area contributed by atoms with Gasteiger partial charge in [0.25, 0.3) is 0 Å². The summed E-state index contributed by atoms with van der Waals surface area (Å²) in [6.45, 7) is 1.79. The first kappa shape index (κ1) is 8.80. The fourth-order valence-electron chi connectivity index (χ4n) is 1.23. The van der Waals surface area contributed by atoms with Crippen LogP contribution in [0.25, 0.3) is 11.5 Å². The number of anilines is 1. The van der Waals surface area contributed by atoms with Gasteiger partial charge in [-0.25, -0.2) is 9.07 Å². The van der Waals surface area contributed by atoms with Gasteiger partial charge >= 0.3 is 0 Å². The van der Waals surface area contributed by atoms with E-state index in [-0.39, 0.29) is 11.5 Å². The van der Waals surface area contributed by atoms with Crippen molar-refractivity contribution in [3.05, 3.63) is 23.7 Å². The lowest BCUT2D eigenvalue weighted by molar-refractivity contribution is 0.539. The van der Waals surface area contributed by atoms with Gasteiger partial charge in [0.15, 0.2) is 23.1 Å². The largest absolute Gasteiger partial charge is 0.460 e. The minimum absolute atomic E-state index is 0.00838. The number of aryl methyl sites for hydroxylation is 2. The fraction of sp³-hybridized carbons (Fsp3) is 0.222. The third kappa shape index (κ3) is 1.17. The average Bonchev–Trinajstić information content (AvgIpc) is 2.66. The molecule has 0 amide bonds. The van der Waals surface area contributed by atoms with Crippen molar-refractivity contribution >= 4 is 5.82 Å². The average molecular weight is 195 g/mol. The van der Waals surface area contributed by atoms with Gasteiger partial charge < -0.3 is 10.2 Å². The van der Waals surface area contributed by atoms with Gasteiger partial charge in [-0.2, -0.15) is 5.10 Å². The molecule has 2 heterocycles. The molecule has 0 unspecified atom stereocenters. The van der Waals surface area contributed by atoms with Crippen LogP contribution in [0.3, 0.4) is 0 Å². The van der Waals surface area contributed by atoms with Crippen LogP contribution in [0, 0.1) is 12.7 Å². The SMILES string of the molecule is Cc1ccc(-c2nn(C)c(N)c2F)o1. The molecule has 5 heteroatoms. The summed E-state index contributed by atoms with van der Waals surface area (Å²) in [4.78, 5) is 0. The maximum absolute atomic E-state index is 13.4. The first-order valence-corrected chi connectivity index (χ1v) is 4.14. The number of halogens is 1. The van der Waals surface area contributed by atoms with Gasteiger partial charge in [-0.1, -0.05) is 0 Å². The molecule has 0 atom stereocenters. The lowest BCUT2D eigenvalue weighted by atomic mass is 10.3. The molecule has 0 spiro atoms. The number of hydrogen-bond donors (Lipinski definition) is 1. The summed E-state index contributed by atoms with van der Waals surface area (Å²) in [5.74, 6) is 0.576. The minimum atomic E-state index is -0.540. The first-order valence-electron chi connectivity index (χ1n) is 4.14. The Morgan fingerprint density at radius 3 is 2.64 bits per heavy atom. The summed E-state index contributed by atoms with van der Waals surface area (Å²) >= 11 is 0. The Bertz CT molecular complexity index is 472. The quantitative estimate of drug-likeness (QED) is 0.753.